The number of nitrogens with zero attached hydrogens (tertiary/aromatic N) is 3. The molecule has 2 heterocycles. The Balaban J connectivity index is 1.92. The SMILES string of the molecule is CSc1ccc(Cl)c(C(=O)Nc2cnc3c(c2)c(C)nn3C)c1. The molecule has 23 heavy (non-hydrogen) atoms. The molecule has 7 heteroatoms. The number of hydrogen-bond donors (Lipinski definition) is 1. The topological polar surface area (TPSA) is 59.8 Å². The molecule has 0 aliphatic heterocycles. The third kappa shape index (κ3) is 3.04. The van der Waals surface area contributed by atoms with Crippen LogP contribution >= 0.6 is 23.4 Å². The van der Waals surface area contributed by atoms with Gasteiger partial charge in [-0.25, -0.2) is 4.98 Å². The lowest BCUT2D eigenvalue weighted by Crippen LogP contribution is -2.12. The van der Waals surface area contributed by atoms with Crippen LogP contribution in [0.5, 0.6) is 0 Å². The molecule has 0 fully saturated rings. The minimum atomic E-state index is -0.256. The number of aromatic nitrogens is 3. The van der Waals surface area contributed by atoms with E-state index in [2.05, 4.69) is 15.4 Å². The number of thioether (sulfide) groups is 1. The number of benzene rings is 1. The molecule has 1 N–H and O–H groups in total. The highest BCUT2D eigenvalue weighted by atomic mass is 35.5. The van der Waals surface area contributed by atoms with Crippen molar-refractivity contribution in [2.24, 2.45) is 7.05 Å². The molecule has 0 saturated carbocycles. The van der Waals surface area contributed by atoms with Gasteiger partial charge in [0.1, 0.15) is 0 Å². The summed E-state index contributed by atoms with van der Waals surface area (Å²) >= 11 is 7.70. The molecule has 5 nitrogen and oxygen atoms in total. The normalized spacial score (nSPS) is 11.0. The minimum absolute atomic E-state index is 0.256. The number of carbonyl (C=O) groups is 1. The summed E-state index contributed by atoms with van der Waals surface area (Å²) in [5, 5.41) is 8.50. The van der Waals surface area contributed by atoms with Crippen LogP contribution in [0.3, 0.4) is 0 Å². The van der Waals surface area contributed by atoms with E-state index >= 15 is 0 Å². The first kappa shape index (κ1) is 15.8. The Morgan fingerprint density at radius 3 is 2.87 bits per heavy atom. The predicted molar refractivity (Wildman–Crippen MR) is 94.4 cm³/mol. The van der Waals surface area contributed by atoms with Gasteiger partial charge < -0.3 is 5.32 Å². The van der Waals surface area contributed by atoms with Gasteiger partial charge in [0.25, 0.3) is 5.91 Å². The van der Waals surface area contributed by atoms with Gasteiger partial charge in [-0.15, -0.1) is 11.8 Å². The van der Waals surface area contributed by atoms with E-state index in [4.69, 9.17) is 11.6 Å². The molecular weight excluding hydrogens is 332 g/mol. The maximum atomic E-state index is 12.5. The molecule has 0 atom stereocenters. The summed E-state index contributed by atoms with van der Waals surface area (Å²) in [7, 11) is 1.84. The predicted octanol–water partition coefficient (Wildman–Crippen LogP) is 3.90. The zero-order valence-electron chi connectivity index (χ0n) is 12.9. The third-order valence-corrected chi connectivity index (χ3v) is 4.59. The van der Waals surface area contributed by atoms with Gasteiger partial charge in [0.2, 0.25) is 0 Å². The molecule has 3 rings (SSSR count). The summed E-state index contributed by atoms with van der Waals surface area (Å²) in [4.78, 5) is 17.8. The van der Waals surface area contributed by atoms with Crippen LogP contribution < -0.4 is 5.32 Å². The van der Waals surface area contributed by atoms with Crippen LogP contribution in [-0.2, 0) is 7.05 Å². The molecule has 0 unspecified atom stereocenters. The molecule has 0 bridgehead atoms. The maximum absolute atomic E-state index is 12.5. The maximum Gasteiger partial charge on any atom is 0.257 e. The summed E-state index contributed by atoms with van der Waals surface area (Å²) in [5.41, 5.74) is 2.71. The molecule has 2 aromatic heterocycles. The van der Waals surface area contributed by atoms with Gasteiger partial charge in [-0.1, -0.05) is 11.6 Å². The zero-order chi connectivity index (χ0) is 16.6. The molecule has 0 aliphatic carbocycles. The van der Waals surface area contributed by atoms with Crippen LogP contribution in [-0.4, -0.2) is 26.9 Å². The van der Waals surface area contributed by atoms with E-state index in [-0.39, 0.29) is 5.91 Å². The Hall–Kier alpha value is -2.05. The smallest absolute Gasteiger partial charge is 0.257 e. The molecule has 0 aliphatic rings. The first-order valence-electron chi connectivity index (χ1n) is 6.94. The van der Waals surface area contributed by atoms with Crippen molar-refractivity contribution in [3.8, 4) is 0 Å². The Labute approximate surface area is 143 Å². The summed E-state index contributed by atoms with van der Waals surface area (Å²) in [6, 6.07) is 7.27. The molecule has 1 aromatic carbocycles. The number of halogens is 1. The fraction of sp³-hybridized carbons (Fsp3) is 0.188. The highest BCUT2D eigenvalue weighted by Gasteiger charge is 2.13. The quantitative estimate of drug-likeness (QED) is 0.730. The summed E-state index contributed by atoms with van der Waals surface area (Å²) in [5.74, 6) is -0.256. The molecule has 3 aromatic rings. The molecule has 118 valence electrons. The van der Waals surface area contributed by atoms with E-state index in [0.717, 1.165) is 21.6 Å². The van der Waals surface area contributed by atoms with E-state index in [1.165, 1.54) is 0 Å². The van der Waals surface area contributed by atoms with E-state index < -0.39 is 0 Å². The Morgan fingerprint density at radius 1 is 1.35 bits per heavy atom. The van der Waals surface area contributed by atoms with Crippen molar-refractivity contribution < 1.29 is 4.79 Å². The van der Waals surface area contributed by atoms with Crippen molar-refractivity contribution >= 4 is 46.0 Å². The van der Waals surface area contributed by atoms with Crippen molar-refractivity contribution in [1.29, 1.82) is 0 Å². The average molecular weight is 347 g/mol. The summed E-state index contributed by atoms with van der Waals surface area (Å²) < 4.78 is 1.72. The van der Waals surface area contributed by atoms with E-state index in [0.29, 0.717) is 16.3 Å². The third-order valence-electron chi connectivity index (χ3n) is 3.54. The second kappa shape index (κ2) is 6.22. The Morgan fingerprint density at radius 2 is 2.13 bits per heavy atom. The van der Waals surface area contributed by atoms with Crippen molar-refractivity contribution in [3.05, 3.63) is 46.7 Å². The first-order valence-corrected chi connectivity index (χ1v) is 8.54. The van der Waals surface area contributed by atoms with Gasteiger partial charge in [-0.2, -0.15) is 5.10 Å². The minimum Gasteiger partial charge on any atom is -0.321 e. The Kier molecular flexibility index (Phi) is 4.28. The molecule has 1 amide bonds. The number of aryl methyl sites for hydroxylation is 2. The number of rotatable bonds is 3. The second-order valence-electron chi connectivity index (χ2n) is 5.10. The second-order valence-corrected chi connectivity index (χ2v) is 6.39. The van der Waals surface area contributed by atoms with Gasteiger partial charge in [-0.05, 0) is 37.4 Å². The standard InChI is InChI=1S/C16H15ClN4OS/c1-9-12-6-10(8-18-15(12)21(2)20-9)19-16(22)13-7-11(23-3)4-5-14(13)17/h4-8H,1-3H3,(H,19,22). The van der Waals surface area contributed by atoms with Crippen LogP contribution in [0, 0.1) is 6.92 Å². The zero-order valence-corrected chi connectivity index (χ0v) is 14.5. The molecule has 0 spiro atoms. The summed E-state index contributed by atoms with van der Waals surface area (Å²) in [6.07, 6.45) is 3.57. The van der Waals surface area contributed by atoms with Crippen molar-refractivity contribution in [1.82, 2.24) is 14.8 Å². The van der Waals surface area contributed by atoms with Crippen LogP contribution in [0.25, 0.3) is 11.0 Å². The lowest BCUT2D eigenvalue weighted by Gasteiger charge is -2.08. The monoisotopic (exact) mass is 346 g/mol. The average Bonchev–Trinajstić information content (AvgIpc) is 2.82. The fourth-order valence-electron chi connectivity index (χ4n) is 2.38. The van der Waals surface area contributed by atoms with Crippen LogP contribution in [0.1, 0.15) is 16.1 Å². The lowest BCUT2D eigenvalue weighted by atomic mass is 10.2. The van der Waals surface area contributed by atoms with Crippen LogP contribution in [0.2, 0.25) is 5.02 Å². The number of anilines is 1. The number of amides is 1. The highest BCUT2D eigenvalue weighted by Crippen LogP contribution is 2.25. The Bertz CT molecular complexity index is 906. The van der Waals surface area contributed by atoms with Gasteiger partial charge in [0.05, 0.1) is 28.2 Å². The van der Waals surface area contributed by atoms with Gasteiger partial charge in [-0.3, -0.25) is 9.48 Å². The molecular formula is C16H15ClN4OS. The van der Waals surface area contributed by atoms with Crippen molar-refractivity contribution in [3.63, 3.8) is 0 Å². The summed E-state index contributed by atoms with van der Waals surface area (Å²) in [6.45, 7) is 1.91. The number of nitrogens with one attached hydrogen (secondary N) is 1. The number of pyridine rings is 1. The van der Waals surface area contributed by atoms with E-state index in [1.54, 1.807) is 34.8 Å². The van der Waals surface area contributed by atoms with Crippen LogP contribution in [0.4, 0.5) is 5.69 Å². The van der Waals surface area contributed by atoms with Gasteiger partial charge in [0, 0.05) is 17.3 Å². The highest BCUT2D eigenvalue weighted by molar-refractivity contribution is 7.98. The first-order chi connectivity index (χ1) is 11.0. The van der Waals surface area contributed by atoms with E-state index in [1.807, 2.05) is 32.4 Å². The number of hydrogen-bond acceptors (Lipinski definition) is 4. The van der Waals surface area contributed by atoms with Gasteiger partial charge in [0.15, 0.2) is 5.65 Å². The molecule has 0 saturated heterocycles. The van der Waals surface area contributed by atoms with Crippen molar-refractivity contribution in [2.75, 3.05) is 11.6 Å². The van der Waals surface area contributed by atoms with E-state index in [9.17, 15) is 4.79 Å². The van der Waals surface area contributed by atoms with Gasteiger partial charge >= 0.3 is 0 Å². The van der Waals surface area contributed by atoms with Crippen molar-refractivity contribution in [2.45, 2.75) is 11.8 Å². The van der Waals surface area contributed by atoms with Crippen LogP contribution in [0.15, 0.2) is 35.4 Å². The largest absolute Gasteiger partial charge is 0.321 e. The number of fused-ring (bicyclic) bond motifs is 1. The fourth-order valence-corrected chi connectivity index (χ4v) is 3.02. The lowest BCUT2D eigenvalue weighted by molar-refractivity contribution is 0.102. The number of carbonyl (C=O) groups excluding carboxylic acids is 1. The molecule has 0 radical (unpaired) electrons.